The minimum atomic E-state index is -0.660. The molecule has 0 saturated heterocycles. The summed E-state index contributed by atoms with van der Waals surface area (Å²) in [5.74, 6) is -0.384. The van der Waals surface area contributed by atoms with E-state index in [-0.39, 0.29) is 5.91 Å². The van der Waals surface area contributed by atoms with E-state index >= 15 is 0 Å². The second-order valence-corrected chi connectivity index (χ2v) is 5.10. The summed E-state index contributed by atoms with van der Waals surface area (Å²) in [4.78, 5) is 31.5. The molecule has 0 unspecified atom stereocenters. The normalized spacial score (nSPS) is 11.8. The number of carbonyl (C=O) groups excluding carboxylic acids is 2. The lowest BCUT2D eigenvalue weighted by atomic mass is 10.2. The van der Waals surface area contributed by atoms with Gasteiger partial charge in [-0.15, -0.1) is 0 Å². The number of nitrogens with one attached hydrogen (secondary N) is 3. The van der Waals surface area contributed by atoms with Crippen molar-refractivity contribution >= 4 is 29.4 Å². The number of hydroxylamine groups is 1. The zero-order valence-electron chi connectivity index (χ0n) is 13.6. The molecule has 2 aromatic rings. The van der Waals surface area contributed by atoms with Gasteiger partial charge in [0.05, 0.1) is 18.1 Å². The van der Waals surface area contributed by atoms with Crippen LogP contribution in [0.15, 0.2) is 48.8 Å². The van der Waals surface area contributed by atoms with Gasteiger partial charge in [-0.1, -0.05) is 25.1 Å². The topological polar surface area (TPSA) is 116 Å². The number of anilines is 2. The molecule has 0 aliphatic rings. The Morgan fingerprint density at radius 2 is 1.96 bits per heavy atom. The van der Waals surface area contributed by atoms with E-state index in [0.717, 1.165) is 11.8 Å². The SMILES string of the molecule is CC[C@@H](Nc1cnc(/C=C/C(=O)NO)cn1)C(=O)Nc1ccccc1. The van der Waals surface area contributed by atoms with Gasteiger partial charge in [-0.2, -0.15) is 0 Å². The molecule has 0 bridgehead atoms. The standard InChI is InChI=1S/C17H19N5O3/c1-2-14(17(24)20-12-6-4-3-5-7-12)21-15-11-18-13(10-19-15)8-9-16(23)22-25/h3-11,14,25H,2H2,1H3,(H,19,21)(H,20,24)(H,22,23)/b9-8+/t14-/m1/s1. The van der Waals surface area contributed by atoms with Crippen LogP contribution in [-0.2, 0) is 9.59 Å². The summed E-state index contributed by atoms with van der Waals surface area (Å²) in [5, 5.41) is 14.3. The summed E-state index contributed by atoms with van der Waals surface area (Å²) in [5.41, 5.74) is 2.65. The molecule has 25 heavy (non-hydrogen) atoms. The summed E-state index contributed by atoms with van der Waals surface area (Å²) in [6.07, 6.45) is 6.01. The van der Waals surface area contributed by atoms with Crippen molar-refractivity contribution in [1.82, 2.24) is 15.4 Å². The Bertz CT molecular complexity index is 732. The molecule has 0 saturated carbocycles. The number of carbonyl (C=O) groups is 2. The zero-order valence-corrected chi connectivity index (χ0v) is 13.6. The van der Waals surface area contributed by atoms with Crippen molar-refractivity contribution in [3.05, 3.63) is 54.5 Å². The predicted octanol–water partition coefficient (Wildman–Crippen LogP) is 1.82. The van der Waals surface area contributed by atoms with Crippen LogP contribution in [0.25, 0.3) is 6.08 Å². The van der Waals surface area contributed by atoms with E-state index in [2.05, 4.69) is 20.6 Å². The molecule has 8 heteroatoms. The molecule has 2 rings (SSSR count). The molecule has 130 valence electrons. The van der Waals surface area contributed by atoms with Crippen molar-refractivity contribution in [2.24, 2.45) is 0 Å². The van der Waals surface area contributed by atoms with Gasteiger partial charge >= 0.3 is 0 Å². The second-order valence-electron chi connectivity index (χ2n) is 5.10. The molecular weight excluding hydrogens is 322 g/mol. The first-order valence-electron chi connectivity index (χ1n) is 7.69. The summed E-state index contributed by atoms with van der Waals surface area (Å²) >= 11 is 0. The van der Waals surface area contributed by atoms with Crippen LogP contribution in [0.5, 0.6) is 0 Å². The maximum atomic E-state index is 12.3. The quantitative estimate of drug-likeness (QED) is 0.347. The number of benzene rings is 1. The third-order valence-electron chi connectivity index (χ3n) is 3.28. The second kappa shape index (κ2) is 9.14. The van der Waals surface area contributed by atoms with Crippen molar-refractivity contribution in [1.29, 1.82) is 0 Å². The highest BCUT2D eigenvalue weighted by Crippen LogP contribution is 2.10. The average Bonchev–Trinajstić information content (AvgIpc) is 2.65. The number of para-hydroxylation sites is 1. The highest BCUT2D eigenvalue weighted by molar-refractivity contribution is 5.96. The van der Waals surface area contributed by atoms with Crippen molar-refractivity contribution in [2.45, 2.75) is 19.4 Å². The van der Waals surface area contributed by atoms with Gasteiger partial charge in [0.25, 0.3) is 5.91 Å². The Labute approximate surface area is 145 Å². The maximum absolute atomic E-state index is 12.3. The highest BCUT2D eigenvalue weighted by atomic mass is 16.5. The molecule has 8 nitrogen and oxygen atoms in total. The first kappa shape index (κ1) is 18.1. The lowest BCUT2D eigenvalue weighted by Crippen LogP contribution is -2.34. The Morgan fingerprint density at radius 1 is 1.20 bits per heavy atom. The van der Waals surface area contributed by atoms with Crippen LogP contribution in [0.1, 0.15) is 19.0 Å². The first-order valence-corrected chi connectivity index (χ1v) is 7.69. The molecule has 1 aromatic carbocycles. The van der Waals surface area contributed by atoms with E-state index in [1.807, 2.05) is 37.3 Å². The lowest BCUT2D eigenvalue weighted by molar-refractivity contribution is -0.124. The minimum Gasteiger partial charge on any atom is -0.357 e. The van der Waals surface area contributed by atoms with Gasteiger partial charge < -0.3 is 10.6 Å². The van der Waals surface area contributed by atoms with Crippen LogP contribution >= 0.6 is 0 Å². The van der Waals surface area contributed by atoms with Crippen molar-refractivity contribution < 1.29 is 14.8 Å². The van der Waals surface area contributed by atoms with E-state index in [1.165, 1.54) is 23.9 Å². The van der Waals surface area contributed by atoms with Gasteiger partial charge in [0.2, 0.25) is 5.91 Å². The molecule has 0 aliphatic carbocycles. The molecule has 0 radical (unpaired) electrons. The number of nitrogens with zero attached hydrogens (tertiary/aromatic N) is 2. The Balaban J connectivity index is 1.97. The minimum absolute atomic E-state index is 0.168. The molecule has 1 aromatic heterocycles. The Morgan fingerprint density at radius 3 is 2.56 bits per heavy atom. The van der Waals surface area contributed by atoms with Gasteiger partial charge in [-0.25, -0.2) is 10.5 Å². The monoisotopic (exact) mass is 341 g/mol. The van der Waals surface area contributed by atoms with Crippen LogP contribution < -0.4 is 16.1 Å². The van der Waals surface area contributed by atoms with E-state index in [4.69, 9.17) is 5.21 Å². The van der Waals surface area contributed by atoms with Crippen LogP contribution in [0, 0.1) is 0 Å². The third kappa shape index (κ3) is 5.70. The molecular formula is C17H19N5O3. The number of hydrogen-bond acceptors (Lipinski definition) is 6. The number of aromatic nitrogens is 2. The summed E-state index contributed by atoms with van der Waals surface area (Å²) in [7, 11) is 0. The molecule has 1 heterocycles. The van der Waals surface area contributed by atoms with Crippen LogP contribution in [0.3, 0.4) is 0 Å². The van der Waals surface area contributed by atoms with E-state index in [9.17, 15) is 9.59 Å². The van der Waals surface area contributed by atoms with Gasteiger partial charge in [-0.05, 0) is 24.6 Å². The Hall–Kier alpha value is -3.26. The molecule has 2 amide bonds. The van der Waals surface area contributed by atoms with E-state index in [0.29, 0.717) is 17.9 Å². The van der Waals surface area contributed by atoms with Gasteiger partial charge in [0.1, 0.15) is 11.9 Å². The third-order valence-corrected chi connectivity index (χ3v) is 3.28. The molecule has 0 aliphatic heterocycles. The molecule has 4 N–H and O–H groups in total. The largest absolute Gasteiger partial charge is 0.357 e. The van der Waals surface area contributed by atoms with Crippen LogP contribution in [0.2, 0.25) is 0 Å². The highest BCUT2D eigenvalue weighted by Gasteiger charge is 2.16. The van der Waals surface area contributed by atoms with Gasteiger partial charge in [0.15, 0.2) is 0 Å². The smallest absolute Gasteiger partial charge is 0.267 e. The number of hydrogen-bond donors (Lipinski definition) is 4. The lowest BCUT2D eigenvalue weighted by Gasteiger charge is -2.17. The maximum Gasteiger partial charge on any atom is 0.267 e. The summed E-state index contributed by atoms with van der Waals surface area (Å²) in [6.45, 7) is 1.89. The molecule has 1 atom stereocenters. The van der Waals surface area contributed by atoms with Crippen LogP contribution in [-0.4, -0.2) is 33.0 Å². The van der Waals surface area contributed by atoms with E-state index in [1.54, 1.807) is 0 Å². The van der Waals surface area contributed by atoms with Gasteiger partial charge in [0, 0.05) is 11.8 Å². The van der Waals surface area contributed by atoms with Crippen LogP contribution in [0.4, 0.5) is 11.5 Å². The van der Waals surface area contributed by atoms with Crippen molar-refractivity contribution in [3.8, 4) is 0 Å². The first-order chi connectivity index (χ1) is 12.1. The molecule has 0 fully saturated rings. The predicted molar refractivity (Wildman–Crippen MR) is 93.8 cm³/mol. The molecule has 0 spiro atoms. The fourth-order valence-corrected chi connectivity index (χ4v) is 1.98. The summed E-state index contributed by atoms with van der Waals surface area (Å²) in [6, 6.07) is 8.73. The average molecular weight is 341 g/mol. The van der Waals surface area contributed by atoms with Crippen molar-refractivity contribution in [3.63, 3.8) is 0 Å². The van der Waals surface area contributed by atoms with E-state index < -0.39 is 11.9 Å². The zero-order chi connectivity index (χ0) is 18.1. The van der Waals surface area contributed by atoms with Crippen molar-refractivity contribution in [2.75, 3.05) is 10.6 Å². The fraction of sp³-hybridized carbons (Fsp3) is 0.176. The van der Waals surface area contributed by atoms with Gasteiger partial charge in [-0.3, -0.25) is 19.8 Å². The number of rotatable bonds is 7. The number of amides is 2. The Kier molecular flexibility index (Phi) is 6.61. The fourth-order valence-electron chi connectivity index (χ4n) is 1.98. The summed E-state index contributed by atoms with van der Waals surface area (Å²) < 4.78 is 0.